The molecule has 0 aliphatic rings. The smallest absolute Gasteiger partial charge is 0.262 e. The van der Waals surface area contributed by atoms with Gasteiger partial charge in [-0.3, -0.25) is 4.79 Å². The highest BCUT2D eigenvalue weighted by molar-refractivity contribution is 8.13. The van der Waals surface area contributed by atoms with Crippen molar-refractivity contribution in [2.75, 3.05) is 0 Å². The Kier molecular flexibility index (Phi) is 3.35. The van der Waals surface area contributed by atoms with Crippen LogP contribution < -0.4 is 0 Å². The number of hydrogen-bond donors (Lipinski definition) is 0. The molecule has 0 unspecified atom stereocenters. The van der Waals surface area contributed by atoms with Gasteiger partial charge in [0, 0.05) is 16.2 Å². The topological polar surface area (TPSA) is 75.0 Å². The van der Waals surface area contributed by atoms with Crippen molar-refractivity contribution in [2.24, 2.45) is 0 Å². The molecule has 0 amide bonds. The second kappa shape index (κ2) is 4.19. The first-order valence-corrected chi connectivity index (χ1v) is 6.22. The van der Waals surface area contributed by atoms with Crippen LogP contribution in [-0.4, -0.2) is 14.7 Å². The van der Waals surface area contributed by atoms with E-state index < -0.39 is 13.9 Å². The minimum atomic E-state index is -4.06. The Morgan fingerprint density at radius 3 is 2.40 bits per heavy atom. The zero-order chi connectivity index (χ0) is 11.6. The maximum absolute atomic E-state index is 11.0. The van der Waals surface area contributed by atoms with Crippen LogP contribution in [0.2, 0.25) is 5.02 Å². The van der Waals surface area contributed by atoms with Gasteiger partial charge >= 0.3 is 0 Å². The third-order valence-corrected chi connectivity index (χ3v) is 3.30. The highest BCUT2D eigenvalue weighted by atomic mass is 35.7. The van der Waals surface area contributed by atoms with Crippen molar-refractivity contribution in [1.29, 1.82) is 5.26 Å². The quantitative estimate of drug-likeness (QED) is 0.604. The van der Waals surface area contributed by atoms with E-state index in [0.717, 1.165) is 12.1 Å². The van der Waals surface area contributed by atoms with Crippen molar-refractivity contribution < 1.29 is 13.2 Å². The van der Waals surface area contributed by atoms with Crippen LogP contribution in [0.5, 0.6) is 0 Å². The van der Waals surface area contributed by atoms with E-state index in [1.54, 1.807) is 6.07 Å². The number of nitriles is 1. The molecule has 78 valence electrons. The van der Waals surface area contributed by atoms with Crippen LogP contribution in [-0.2, 0) is 9.05 Å². The molecule has 0 aliphatic heterocycles. The first-order valence-electron chi connectivity index (χ1n) is 3.53. The van der Waals surface area contributed by atoms with E-state index in [2.05, 4.69) is 0 Å². The Labute approximate surface area is 95.5 Å². The van der Waals surface area contributed by atoms with E-state index in [-0.39, 0.29) is 16.1 Å². The minimum absolute atomic E-state index is 0.00340. The van der Waals surface area contributed by atoms with Crippen molar-refractivity contribution in [1.82, 2.24) is 0 Å². The first kappa shape index (κ1) is 12.0. The summed E-state index contributed by atoms with van der Waals surface area (Å²) in [5, 5.41) is 8.61. The van der Waals surface area contributed by atoms with Gasteiger partial charge in [-0.15, -0.1) is 0 Å². The molecule has 0 aliphatic carbocycles. The third kappa shape index (κ3) is 2.48. The van der Waals surface area contributed by atoms with Gasteiger partial charge in [-0.25, -0.2) is 8.42 Å². The van der Waals surface area contributed by atoms with Crippen LogP contribution >= 0.6 is 22.3 Å². The molecule has 0 saturated carbocycles. The average Bonchev–Trinajstić information content (AvgIpc) is 2.15. The second-order valence-corrected chi connectivity index (χ2v) is 5.48. The molecule has 0 radical (unpaired) electrons. The fraction of sp³-hybridized carbons (Fsp3) is 0. The van der Waals surface area contributed by atoms with Crippen molar-refractivity contribution in [3.8, 4) is 6.07 Å². The van der Waals surface area contributed by atoms with Gasteiger partial charge in [0.1, 0.15) is 6.07 Å². The summed E-state index contributed by atoms with van der Waals surface area (Å²) >= 11 is 5.61. The summed E-state index contributed by atoms with van der Waals surface area (Å²) in [5.41, 5.74) is -0.226. The van der Waals surface area contributed by atoms with Crippen LogP contribution in [0.15, 0.2) is 17.0 Å². The number of hydrogen-bond acceptors (Lipinski definition) is 4. The molecule has 15 heavy (non-hydrogen) atoms. The van der Waals surface area contributed by atoms with Crippen molar-refractivity contribution in [3.63, 3.8) is 0 Å². The molecule has 7 heteroatoms. The van der Waals surface area contributed by atoms with Crippen LogP contribution in [0.1, 0.15) is 15.9 Å². The van der Waals surface area contributed by atoms with Gasteiger partial charge in [-0.05, 0) is 12.1 Å². The molecule has 0 saturated heterocycles. The predicted molar refractivity (Wildman–Crippen MR) is 54.6 cm³/mol. The van der Waals surface area contributed by atoms with E-state index in [1.165, 1.54) is 0 Å². The lowest BCUT2D eigenvalue weighted by Crippen LogP contribution is -1.98. The Hall–Kier alpha value is -1.09. The van der Waals surface area contributed by atoms with Gasteiger partial charge in [0.2, 0.25) is 0 Å². The highest BCUT2D eigenvalue weighted by Crippen LogP contribution is 2.25. The van der Waals surface area contributed by atoms with Crippen LogP contribution in [0, 0.1) is 11.3 Å². The Morgan fingerprint density at radius 2 is 2.00 bits per heavy atom. The average molecular weight is 264 g/mol. The summed E-state index contributed by atoms with van der Waals surface area (Å²) in [7, 11) is 1.02. The number of benzene rings is 1. The summed E-state index contributed by atoms with van der Waals surface area (Å²) < 4.78 is 22.1. The van der Waals surface area contributed by atoms with E-state index in [9.17, 15) is 13.2 Å². The summed E-state index contributed by atoms with van der Waals surface area (Å²) in [6, 6.07) is 3.74. The fourth-order valence-electron chi connectivity index (χ4n) is 0.958. The van der Waals surface area contributed by atoms with E-state index >= 15 is 0 Å². The van der Waals surface area contributed by atoms with Crippen molar-refractivity contribution in [3.05, 3.63) is 28.3 Å². The molecule has 1 rings (SSSR count). The SMILES string of the molecule is N#Cc1cc(S(=O)(=O)Cl)c(C=O)cc1Cl. The lowest BCUT2D eigenvalue weighted by molar-refractivity contribution is 0.112. The van der Waals surface area contributed by atoms with Gasteiger partial charge in [0.05, 0.1) is 15.5 Å². The van der Waals surface area contributed by atoms with Crippen molar-refractivity contribution >= 4 is 37.6 Å². The zero-order valence-corrected chi connectivity index (χ0v) is 9.40. The predicted octanol–water partition coefficient (Wildman–Crippen LogP) is 1.95. The molecule has 0 heterocycles. The second-order valence-electron chi connectivity index (χ2n) is 2.54. The first-order chi connectivity index (χ1) is 6.90. The van der Waals surface area contributed by atoms with Gasteiger partial charge < -0.3 is 0 Å². The van der Waals surface area contributed by atoms with E-state index in [0.29, 0.717) is 6.29 Å². The number of nitrogens with zero attached hydrogens (tertiary/aromatic N) is 1. The monoisotopic (exact) mass is 263 g/mol. The molecular weight excluding hydrogens is 261 g/mol. The molecule has 1 aromatic carbocycles. The Morgan fingerprint density at radius 1 is 1.40 bits per heavy atom. The summed E-state index contributed by atoms with van der Waals surface area (Å²) in [6.45, 7) is 0. The lowest BCUT2D eigenvalue weighted by Gasteiger charge is -2.02. The number of carbonyl (C=O) groups excluding carboxylic acids is 1. The van der Waals surface area contributed by atoms with Gasteiger partial charge in [-0.2, -0.15) is 5.26 Å². The van der Waals surface area contributed by atoms with Crippen LogP contribution in [0.25, 0.3) is 0 Å². The Bertz CT molecular complexity index is 560. The molecule has 0 aromatic heterocycles. The summed E-state index contributed by atoms with van der Waals surface area (Å²) in [5.74, 6) is 0. The molecule has 0 bridgehead atoms. The molecule has 0 N–H and O–H groups in total. The Balaban J connectivity index is 3.66. The zero-order valence-electron chi connectivity index (χ0n) is 7.07. The molecule has 0 spiro atoms. The van der Waals surface area contributed by atoms with E-state index in [1.807, 2.05) is 0 Å². The number of rotatable bonds is 2. The molecule has 4 nitrogen and oxygen atoms in total. The summed E-state index contributed by atoms with van der Waals surface area (Å²) in [6.07, 6.45) is 0.308. The maximum Gasteiger partial charge on any atom is 0.262 e. The molecular formula is C8H3Cl2NO3S. The number of carbonyl (C=O) groups is 1. The van der Waals surface area contributed by atoms with Gasteiger partial charge in [-0.1, -0.05) is 11.6 Å². The maximum atomic E-state index is 11.0. The van der Waals surface area contributed by atoms with Crippen LogP contribution in [0.4, 0.5) is 0 Å². The third-order valence-electron chi connectivity index (χ3n) is 1.61. The molecule has 1 aromatic rings. The van der Waals surface area contributed by atoms with E-state index in [4.69, 9.17) is 27.5 Å². The molecule has 0 fully saturated rings. The lowest BCUT2D eigenvalue weighted by atomic mass is 10.1. The van der Waals surface area contributed by atoms with Gasteiger partial charge in [0.25, 0.3) is 9.05 Å². The normalized spacial score (nSPS) is 10.7. The number of aldehydes is 1. The highest BCUT2D eigenvalue weighted by Gasteiger charge is 2.18. The molecule has 0 atom stereocenters. The minimum Gasteiger partial charge on any atom is -0.298 e. The van der Waals surface area contributed by atoms with Crippen LogP contribution in [0.3, 0.4) is 0 Å². The fourth-order valence-corrected chi connectivity index (χ4v) is 2.22. The summed E-state index contributed by atoms with van der Waals surface area (Å²) in [4.78, 5) is 10.1. The van der Waals surface area contributed by atoms with Gasteiger partial charge in [0.15, 0.2) is 6.29 Å². The standard InChI is InChI=1S/C8H3Cl2NO3S/c9-7-1-6(4-12)8(15(10,13)14)2-5(7)3-11/h1-2,4H. The number of halogens is 2. The largest absolute Gasteiger partial charge is 0.298 e. The van der Waals surface area contributed by atoms with Crippen molar-refractivity contribution in [2.45, 2.75) is 4.90 Å².